The molecule has 19 heavy (non-hydrogen) atoms. The minimum absolute atomic E-state index is 0.226. The van der Waals surface area contributed by atoms with E-state index in [1.807, 2.05) is 18.3 Å². The van der Waals surface area contributed by atoms with Gasteiger partial charge in [0.1, 0.15) is 0 Å². The smallest absolute Gasteiger partial charge is 0.193 e. The predicted octanol–water partition coefficient (Wildman–Crippen LogP) is 1.56. The van der Waals surface area contributed by atoms with Crippen molar-refractivity contribution in [3.8, 4) is 17.7 Å². The van der Waals surface area contributed by atoms with Gasteiger partial charge in [-0.15, -0.1) is 0 Å². The second kappa shape index (κ2) is 5.65. The molecule has 0 saturated carbocycles. The molecule has 2 N–H and O–H groups in total. The monoisotopic (exact) mass is 327 g/mol. The van der Waals surface area contributed by atoms with E-state index in [0.29, 0.717) is 18.1 Å². The number of benzene rings is 1. The van der Waals surface area contributed by atoms with Gasteiger partial charge in [-0.3, -0.25) is 10.6 Å². The summed E-state index contributed by atoms with van der Waals surface area (Å²) >= 11 is 3.42. The first-order chi connectivity index (χ1) is 9.12. The van der Waals surface area contributed by atoms with E-state index in [1.54, 1.807) is 14.2 Å². The fraction of sp³-hybridized carbons (Fsp3) is 0.417. The molecule has 0 aromatic heterocycles. The first-order valence-electron chi connectivity index (χ1n) is 5.59. The zero-order valence-corrected chi connectivity index (χ0v) is 12.2. The number of nitriles is 1. The number of hydrogen-bond donors (Lipinski definition) is 1. The van der Waals surface area contributed by atoms with Crippen molar-refractivity contribution in [2.24, 2.45) is 5.73 Å². The van der Waals surface area contributed by atoms with Crippen molar-refractivity contribution in [1.29, 1.82) is 5.26 Å². The van der Waals surface area contributed by atoms with Crippen molar-refractivity contribution >= 4 is 15.9 Å². The van der Waals surface area contributed by atoms with Crippen molar-refractivity contribution in [3.63, 3.8) is 0 Å². The molecule has 6 nitrogen and oxygen atoms in total. The standard InChI is InChI=1S/C12H14BrN3O3/c1-17-10-4-7(3-8(13)11(10)18-2)9-5-19-12(15)16(9)6-14/h3-4,9,12H,5,15H2,1-2H3. The molecule has 2 unspecified atom stereocenters. The fourth-order valence-corrected chi connectivity index (χ4v) is 2.66. The summed E-state index contributed by atoms with van der Waals surface area (Å²) in [6, 6.07) is 3.47. The Kier molecular flexibility index (Phi) is 4.14. The summed E-state index contributed by atoms with van der Waals surface area (Å²) in [6.07, 6.45) is 1.34. The van der Waals surface area contributed by atoms with Gasteiger partial charge in [0.2, 0.25) is 0 Å². The second-order valence-electron chi connectivity index (χ2n) is 3.99. The van der Waals surface area contributed by atoms with E-state index in [9.17, 15) is 0 Å². The highest BCUT2D eigenvalue weighted by atomic mass is 79.9. The Morgan fingerprint density at radius 3 is 2.79 bits per heavy atom. The highest BCUT2D eigenvalue weighted by molar-refractivity contribution is 9.10. The van der Waals surface area contributed by atoms with Gasteiger partial charge in [0, 0.05) is 0 Å². The first kappa shape index (κ1) is 13.9. The summed E-state index contributed by atoms with van der Waals surface area (Å²) < 4.78 is 16.6. The molecule has 1 heterocycles. The van der Waals surface area contributed by atoms with Gasteiger partial charge < -0.3 is 14.2 Å². The molecule has 0 aliphatic carbocycles. The molecular formula is C12H14BrN3O3. The third-order valence-electron chi connectivity index (χ3n) is 2.99. The molecule has 2 atom stereocenters. The summed E-state index contributed by atoms with van der Waals surface area (Å²) in [6.45, 7) is 0.358. The number of rotatable bonds is 3. The lowest BCUT2D eigenvalue weighted by Gasteiger charge is -2.21. The third kappa shape index (κ3) is 2.47. The largest absolute Gasteiger partial charge is 0.493 e. The van der Waals surface area contributed by atoms with E-state index >= 15 is 0 Å². The van der Waals surface area contributed by atoms with Gasteiger partial charge in [0.25, 0.3) is 0 Å². The van der Waals surface area contributed by atoms with Crippen LogP contribution in [0.5, 0.6) is 11.5 Å². The molecule has 1 fully saturated rings. The highest BCUT2D eigenvalue weighted by Gasteiger charge is 2.33. The molecular weight excluding hydrogens is 314 g/mol. The van der Waals surface area contributed by atoms with Crippen LogP contribution in [-0.2, 0) is 4.74 Å². The average Bonchev–Trinajstić information content (AvgIpc) is 2.78. The number of halogens is 1. The van der Waals surface area contributed by atoms with Gasteiger partial charge >= 0.3 is 0 Å². The van der Waals surface area contributed by atoms with Crippen molar-refractivity contribution in [1.82, 2.24) is 4.90 Å². The van der Waals surface area contributed by atoms with Crippen LogP contribution in [0.15, 0.2) is 16.6 Å². The Morgan fingerprint density at radius 2 is 2.21 bits per heavy atom. The van der Waals surface area contributed by atoms with Gasteiger partial charge in [-0.05, 0) is 33.6 Å². The Balaban J connectivity index is 2.41. The quantitative estimate of drug-likeness (QED) is 0.848. The van der Waals surface area contributed by atoms with Gasteiger partial charge in [0.15, 0.2) is 24.0 Å². The van der Waals surface area contributed by atoms with Crippen molar-refractivity contribution in [2.45, 2.75) is 12.4 Å². The Labute approximate surface area is 119 Å². The number of methoxy groups -OCH3 is 2. The van der Waals surface area contributed by atoms with E-state index < -0.39 is 6.35 Å². The Bertz CT molecular complexity index is 518. The Morgan fingerprint density at radius 1 is 1.47 bits per heavy atom. The number of nitrogens with zero attached hydrogens (tertiary/aromatic N) is 2. The zero-order chi connectivity index (χ0) is 14.0. The van der Waals surface area contributed by atoms with Crippen molar-refractivity contribution in [2.75, 3.05) is 20.8 Å². The molecule has 1 aliphatic heterocycles. The van der Waals surface area contributed by atoms with Gasteiger partial charge in [-0.2, -0.15) is 5.26 Å². The van der Waals surface area contributed by atoms with Crippen LogP contribution >= 0.6 is 15.9 Å². The molecule has 102 valence electrons. The molecule has 1 aliphatic rings. The van der Waals surface area contributed by atoms with Crippen molar-refractivity contribution in [3.05, 3.63) is 22.2 Å². The molecule has 0 bridgehead atoms. The SMILES string of the molecule is COc1cc(C2COC(N)N2C#N)cc(Br)c1OC. The summed E-state index contributed by atoms with van der Waals surface area (Å²) in [5, 5.41) is 9.11. The first-order valence-corrected chi connectivity index (χ1v) is 6.38. The van der Waals surface area contributed by atoms with Crippen LogP contribution in [0.1, 0.15) is 11.6 Å². The molecule has 2 rings (SSSR count). The van der Waals surface area contributed by atoms with E-state index in [0.717, 1.165) is 10.0 Å². The van der Waals surface area contributed by atoms with Gasteiger partial charge in [-0.25, -0.2) is 0 Å². The number of ether oxygens (including phenoxy) is 3. The van der Waals surface area contributed by atoms with E-state index in [-0.39, 0.29) is 6.04 Å². The summed E-state index contributed by atoms with van der Waals surface area (Å²) in [4.78, 5) is 1.41. The summed E-state index contributed by atoms with van der Waals surface area (Å²) in [7, 11) is 3.13. The average molecular weight is 328 g/mol. The maximum atomic E-state index is 9.11. The topological polar surface area (TPSA) is 80.7 Å². The molecule has 7 heteroatoms. The molecule has 1 aromatic rings. The lowest BCUT2D eigenvalue weighted by molar-refractivity contribution is 0.0637. The molecule has 1 saturated heterocycles. The van der Waals surface area contributed by atoms with Crippen LogP contribution < -0.4 is 15.2 Å². The summed E-state index contributed by atoms with van der Waals surface area (Å²) in [5.41, 5.74) is 6.57. The van der Waals surface area contributed by atoms with Crippen LogP contribution in [0.3, 0.4) is 0 Å². The lowest BCUT2D eigenvalue weighted by atomic mass is 10.1. The lowest BCUT2D eigenvalue weighted by Crippen LogP contribution is -2.35. The number of hydrogen-bond acceptors (Lipinski definition) is 6. The third-order valence-corrected chi connectivity index (χ3v) is 3.58. The molecule has 0 amide bonds. The molecule has 0 spiro atoms. The van der Waals surface area contributed by atoms with Gasteiger partial charge in [-0.1, -0.05) is 0 Å². The number of nitrogens with two attached hydrogens (primary N) is 1. The van der Waals surface area contributed by atoms with E-state index in [4.69, 9.17) is 25.2 Å². The van der Waals surface area contributed by atoms with E-state index in [1.165, 1.54) is 4.90 Å². The maximum absolute atomic E-state index is 9.11. The zero-order valence-electron chi connectivity index (χ0n) is 10.6. The van der Waals surface area contributed by atoms with E-state index in [2.05, 4.69) is 15.9 Å². The molecule has 1 aromatic carbocycles. The Hall–Kier alpha value is -1.49. The van der Waals surface area contributed by atoms with Crippen LogP contribution in [0.2, 0.25) is 0 Å². The predicted molar refractivity (Wildman–Crippen MR) is 71.4 cm³/mol. The van der Waals surface area contributed by atoms with Crippen molar-refractivity contribution < 1.29 is 14.2 Å². The van der Waals surface area contributed by atoms with Crippen LogP contribution in [0.25, 0.3) is 0 Å². The van der Waals surface area contributed by atoms with Crippen LogP contribution in [0.4, 0.5) is 0 Å². The minimum atomic E-state index is -0.707. The minimum Gasteiger partial charge on any atom is -0.493 e. The van der Waals surface area contributed by atoms with Crippen LogP contribution in [0, 0.1) is 11.5 Å². The molecule has 0 radical (unpaired) electrons. The summed E-state index contributed by atoms with van der Waals surface area (Å²) in [5.74, 6) is 1.20. The highest BCUT2D eigenvalue weighted by Crippen LogP contribution is 2.40. The fourth-order valence-electron chi connectivity index (χ4n) is 2.04. The second-order valence-corrected chi connectivity index (χ2v) is 4.84. The van der Waals surface area contributed by atoms with Crippen LogP contribution in [-0.4, -0.2) is 32.1 Å². The van der Waals surface area contributed by atoms with Gasteiger partial charge in [0.05, 0.1) is 31.3 Å². The normalized spacial score (nSPS) is 22.2. The maximum Gasteiger partial charge on any atom is 0.193 e.